The van der Waals surface area contributed by atoms with E-state index in [9.17, 15) is 8.42 Å². The Balaban J connectivity index is 2.98. The van der Waals surface area contributed by atoms with Gasteiger partial charge in [-0.15, -0.1) is 0 Å². The van der Waals surface area contributed by atoms with Crippen molar-refractivity contribution in [2.75, 3.05) is 18.2 Å². The van der Waals surface area contributed by atoms with Gasteiger partial charge in [-0.1, -0.05) is 35.8 Å². The van der Waals surface area contributed by atoms with E-state index in [1.165, 1.54) is 7.11 Å². The molecule has 0 aliphatic rings. The van der Waals surface area contributed by atoms with Crippen LogP contribution in [0, 0.1) is 11.8 Å². The highest BCUT2D eigenvalue weighted by Crippen LogP contribution is 2.23. The minimum Gasteiger partial charge on any atom is -0.497 e. The maximum absolute atomic E-state index is 12.3. The zero-order valence-electron chi connectivity index (χ0n) is 10.9. The second kappa shape index (κ2) is 6.57. The van der Waals surface area contributed by atoms with Crippen molar-refractivity contribution in [3.63, 3.8) is 0 Å². The van der Waals surface area contributed by atoms with Crippen molar-refractivity contribution >= 4 is 25.8 Å². The Bertz CT molecular complexity index is 483. The summed E-state index contributed by atoms with van der Waals surface area (Å²) < 4.78 is 29.7. The molecular formula is C13H19BrO3S. The van der Waals surface area contributed by atoms with E-state index in [0.29, 0.717) is 21.9 Å². The van der Waals surface area contributed by atoms with Crippen LogP contribution in [0.5, 0.6) is 5.75 Å². The Morgan fingerprint density at radius 2 is 2.00 bits per heavy atom. The van der Waals surface area contributed by atoms with Crippen molar-refractivity contribution in [1.82, 2.24) is 0 Å². The lowest BCUT2D eigenvalue weighted by molar-refractivity contribution is 0.413. The highest BCUT2D eigenvalue weighted by molar-refractivity contribution is 9.09. The molecule has 1 aromatic carbocycles. The molecule has 3 nitrogen and oxygen atoms in total. The molecule has 18 heavy (non-hydrogen) atoms. The van der Waals surface area contributed by atoms with Crippen molar-refractivity contribution in [3.05, 3.63) is 24.3 Å². The maximum Gasteiger partial charge on any atom is 0.178 e. The molecule has 0 aromatic heterocycles. The lowest BCUT2D eigenvalue weighted by atomic mass is 10.0. The van der Waals surface area contributed by atoms with Crippen LogP contribution in [-0.4, -0.2) is 26.6 Å². The Labute approximate surface area is 118 Å². The largest absolute Gasteiger partial charge is 0.497 e. The predicted octanol–water partition coefficient (Wildman–Crippen LogP) is 3.14. The lowest BCUT2D eigenvalue weighted by Gasteiger charge is -2.18. The number of sulfone groups is 1. The summed E-state index contributed by atoms with van der Waals surface area (Å²) in [5.41, 5.74) is 0. The standard InChI is InChI=1S/C13H19BrO3S/c1-10(2)11(8-14)9-18(15,16)13-6-4-5-12(7-13)17-3/h4-7,10-11H,8-9H2,1-3H3. The van der Waals surface area contributed by atoms with Crippen LogP contribution in [0.3, 0.4) is 0 Å². The fourth-order valence-corrected chi connectivity index (χ4v) is 4.71. The number of alkyl halides is 1. The normalized spacial score (nSPS) is 13.6. The molecule has 0 saturated heterocycles. The molecule has 0 bridgehead atoms. The van der Waals surface area contributed by atoms with Gasteiger partial charge in [-0.05, 0) is 30.0 Å². The Morgan fingerprint density at radius 1 is 1.33 bits per heavy atom. The van der Waals surface area contributed by atoms with Gasteiger partial charge in [0.05, 0.1) is 17.8 Å². The van der Waals surface area contributed by atoms with E-state index in [0.717, 1.165) is 0 Å². The van der Waals surface area contributed by atoms with E-state index < -0.39 is 9.84 Å². The van der Waals surface area contributed by atoms with E-state index in [4.69, 9.17) is 4.74 Å². The summed E-state index contributed by atoms with van der Waals surface area (Å²) in [5, 5.41) is 0.688. The van der Waals surface area contributed by atoms with Gasteiger partial charge in [0, 0.05) is 5.33 Å². The summed E-state index contributed by atoms with van der Waals surface area (Å²) in [6, 6.07) is 6.62. The van der Waals surface area contributed by atoms with Crippen LogP contribution in [0.15, 0.2) is 29.2 Å². The van der Waals surface area contributed by atoms with Gasteiger partial charge in [-0.2, -0.15) is 0 Å². The molecular weight excluding hydrogens is 316 g/mol. The fraction of sp³-hybridized carbons (Fsp3) is 0.538. The van der Waals surface area contributed by atoms with Gasteiger partial charge in [0.1, 0.15) is 5.75 Å². The van der Waals surface area contributed by atoms with Crippen molar-refractivity contribution in [3.8, 4) is 5.75 Å². The number of methoxy groups -OCH3 is 1. The molecule has 0 heterocycles. The van der Waals surface area contributed by atoms with Crippen molar-refractivity contribution in [2.45, 2.75) is 18.7 Å². The second-order valence-corrected chi connectivity index (χ2v) is 7.30. The summed E-state index contributed by atoms with van der Waals surface area (Å²) in [6.07, 6.45) is 0. The SMILES string of the molecule is COc1cccc(S(=O)(=O)CC(CBr)C(C)C)c1. The molecule has 1 aromatic rings. The molecule has 1 unspecified atom stereocenters. The average molecular weight is 335 g/mol. The third-order valence-corrected chi connectivity index (χ3v) is 5.65. The molecule has 1 rings (SSSR count). The quantitative estimate of drug-likeness (QED) is 0.750. The molecule has 0 saturated carbocycles. The number of hydrogen-bond acceptors (Lipinski definition) is 3. The van der Waals surface area contributed by atoms with Crippen LogP contribution in [-0.2, 0) is 9.84 Å². The highest BCUT2D eigenvalue weighted by Gasteiger charge is 2.23. The summed E-state index contributed by atoms with van der Waals surface area (Å²) in [5.74, 6) is 1.16. The summed E-state index contributed by atoms with van der Waals surface area (Å²) >= 11 is 3.38. The molecule has 0 spiro atoms. The van der Waals surface area contributed by atoms with E-state index in [-0.39, 0.29) is 11.7 Å². The minimum absolute atomic E-state index is 0.112. The monoisotopic (exact) mass is 334 g/mol. The number of halogens is 1. The predicted molar refractivity (Wildman–Crippen MR) is 77.2 cm³/mol. The minimum atomic E-state index is -3.26. The summed E-state index contributed by atoms with van der Waals surface area (Å²) in [6.45, 7) is 4.07. The number of ether oxygens (including phenoxy) is 1. The first-order chi connectivity index (χ1) is 8.40. The van der Waals surface area contributed by atoms with Crippen LogP contribution in [0.4, 0.5) is 0 Å². The van der Waals surface area contributed by atoms with E-state index in [1.807, 2.05) is 13.8 Å². The number of rotatable bonds is 6. The first-order valence-corrected chi connectivity index (χ1v) is 8.61. The second-order valence-electron chi connectivity index (χ2n) is 4.62. The molecule has 0 aliphatic heterocycles. The molecule has 102 valence electrons. The van der Waals surface area contributed by atoms with Gasteiger partial charge in [0.15, 0.2) is 9.84 Å². The number of hydrogen-bond donors (Lipinski definition) is 0. The zero-order chi connectivity index (χ0) is 13.8. The summed E-state index contributed by atoms with van der Waals surface area (Å²) in [7, 11) is -1.73. The molecule has 0 fully saturated rings. The first-order valence-electron chi connectivity index (χ1n) is 5.83. The van der Waals surface area contributed by atoms with Gasteiger partial charge in [0.25, 0.3) is 0 Å². The third-order valence-electron chi connectivity index (χ3n) is 2.97. The summed E-state index contributed by atoms with van der Waals surface area (Å²) in [4.78, 5) is 0.327. The van der Waals surface area contributed by atoms with Crippen LogP contribution in [0.2, 0.25) is 0 Å². The van der Waals surface area contributed by atoms with Crippen molar-refractivity contribution < 1.29 is 13.2 Å². The molecule has 0 amide bonds. The topological polar surface area (TPSA) is 43.4 Å². The van der Waals surface area contributed by atoms with Crippen LogP contribution in [0.25, 0.3) is 0 Å². The Kier molecular flexibility index (Phi) is 5.66. The molecule has 1 atom stereocenters. The zero-order valence-corrected chi connectivity index (χ0v) is 13.3. The van der Waals surface area contributed by atoms with Crippen molar-refractivity contribution in [1.29, 1.82) is 0 Å². The van der Waals surface area contributed by atoms with Gasteiger partial charge in [-0.25, -0.2) is 8.42 Å². The molecule has 0 N–H and O–H groups in total. The van der Waals surface area contributed by atoms with Gasteiger partial charge in [0.2, 0.25) is 0 Å². The molecule has 0 aliphatic carbocycles. The Hall–Kier alpha value is -0.550. The smallest absolute Gasteiger partial charge is 0.178 e. The molecule has 5 heteroatoms. The molecule has 0 radical (unpaired) electrons. The van der Waals surface area contributed by atoms with Crippen molar-refractivity contribution in [2.24, 2.45) is 11.8 Å². The lowest BCUT2D eigenvalue weighted by Crippen LogP contribution is -2.22. The van der Waals surface area contributed by atoms with E-state index >= 15 is 0 Å². The maximum atomic E-state index is 12.3. The van der Waals surface area contributed by atoms with E-state index in [2.05, 4.69) is 15.9 Å². The van der Waals surface area contributed by atoms with Gasteiger partial charge >= 0.3 is 0 Å². The number of benzene rings is 1. The van der Waals surface area contributed by atoms with E-state index in [1.54, 1.807) is 24.3 Å². The van der Waals surface area contributed by atoms with Gasteiger partial charge in [-0.3, -0.25) is 0 Å². The third kappa shape index (κ3) is 3.99. The average Bonchev–Trinajstić information content (AvgIpc) is 2.35. The highest BCUT2D eigenvalue weighted by atomic mass is 79.9. The first kappa shape index (κ1) is 15.5. The Morgan fingerprint density at radius 3 is 2.50 bits per heavy atom. The fourth-order valence-electron chi connectivity index (χ4n) is 1.59. The van der Waals surface area contributed by atoms with Crippen LogP contribution >= 0.6 is 15.9 Å². The van der Waals surface area contributed by atoms with Gasteiger partial charge < -0.3 is 4.74 Å². The van der Waals surface area contributed by atoms with Crippen LogP contribution < -0.4 is 4.74 Å². The van der Waals surface area contributed by atoms with Crippen LogP contribution in [0.1, 0.15) is 13.8 Å².